The van der Waals surface area contributed by atoms with Crippen LogP contribution >= 0.6 is 0 Å². The van der Waals surface area contributed by atoms with Crippen molar-refractivity contribution in [1.82, 2.24) is 4.90 Å². The Morgan fingerprint density at radius 2 is 1.70 bits per heavy atom. The number of nitrogens with one attached hydrogen (secondary N) is 1. The van der Waals surface area contributed by atoms with Gasteiger partial charge in [0.1, 0.15) is 0 Å². The van der Waals surface area contributed by atoms with Crippen LogP contribution in [0.4, 0.5) is 11.4 Å². The summed E-state index contributed by atoms with van der Waals surface area (Å²) in [5.74, 6) is 0.288. The van der Waals surface area contributed by atoms with E-state index in [9.17, 15) is 9.59 Å². The molecule has 0 radical (unpaired) electrons. The van der Waals surface area contributed by atoms with Gasteiger partial charge in [0.05, 0.1) is 6.54 Å². The molecule has 1 N–H and O–H groups in total. The monoisotopic (exact) mass is 405 g/mol. The molecule has 2 aliphatic rings. The Balaban J connectivity index is 1.31. The minimum Gasteiger partial charge on any atom is -0.325 e. The first-order chi connectivity index (χ1) is 14.4. The summed E-state index contributed by atoms with van der Waals surface area (Å²) in [5.41, 5.74) is 5.47. The average Bonchev–Trinajstić information content (AvgIpc) is 3.02. The van der Waals surface area contributed by atoms with Gasteiger partial charge in [-0.3, -0.25) is 14.5 Å². The van der Waals surface area contributed by atoms with Gasteiger partial charge in [0, 0.05) is 23.3 Å². The summed E-state index contributed by atoms with van der Waals surface area (Å²) in [5, 5.41) is 3.01. The van der Waals surface area contributed by atoms with Gasteiger partial charge in [0.2, 0.25) is 11.8 Å². The highest BCUT2D eigenvalue weighted by atomic mass is 16.2. The molecule has 1 saturated heterocycles. The zero-order valence-corrected chi connectivity index (χ0v) is 18.1. The number of carbonyl (C=O) groups is 2. The quantitative estimate of drug-likeness (QED) is 0.839. The van der Waals surface area contributed by atoms with Crippen molar-refractivity contribution in [2.24, 2.45) is 5.92 Å². The molecule has 2 heterocycles. The van der Waals surface area contributed by atoms with E-state index in [4.69, 9.17) is 0 Å². The number of hydrogen-bond donors (Lipinski definition) is 1. The zero-order chi connectivity index (χ0) is 21.3. The predicted molar refractivity (Wildman–Crippen MR) is 121 cm³/mol. The standard InChI is InChI=1S/C25H31N3O2/c1-17-12-18(2)14-22(13-17)26-24(29)16-27-10-8-20(9-11-27)25(30)28-19(3)15-21-6-4-5-7-23(21)28/h4-7,12-14,19-20H,8-11,15-16H2,1-3H3,(H,26,29). The summed E-state index contributed by atoms with van der Waals surface area (Å²) in [6.45, 7) is 8.12. The van der Waals surface area contributed by atoms with Gasteiger partial charge in [-0.25, -0.2) is 0 Å². The highest BCUT2D eigenvalue weighted by molar-refractivity contribution is 5.97. The van der Waals surface area contributed by atoms with E-state index < -0.39 is 0 Å². The lowest BCUT2D eigenvalue weighted by molar-refractivity contribution is -0.124. The van der Waals surface area contributed by atoms with Gasteiger partial charge in [-0.1, -0.05) is 24.3 Å². The number of rotatable bonds is 4. The third-order valence-electron chi connectivity index (χ3n) is 6.25. The number of benzene rings is 2. The predicted octanol–water partition coefficient (Wildman–Crippen LogP) is 3.93. The third kappa shape index (κ3) is 4.41. The van der Waals surface area contributed by atoms with Gasteiger partial charge in [0.15, 0.2) is 0 Å². The Morgan fingerprint density at radius 1 is 1.03 bits per heavy atom. The van der Waals surface area contributed by atoms with Crippen LogP contribution in [0.5, 0.6) is 0 Å². The lowest BCUT2D eigenvalue weighted by Gasteiger charge is -2.34. The van der Waals surface area contributed by atoms with Gasteiger partial charge < -0.3 is 10.2 Å². The molecule has 0 saturated carbocycles. The molecular formula is C25H31N3O2. The zero-order valence-electron chi connectivity index (χ0n) is 18.1. The fraction of sp³-hybridized carbons (Fsp3) is 0.440. The third-order valence-corrected chi connectivity index (χ3v) is 6.25. The number of nitrogens with zero attached hydrogens (tertiary/aromatic N) is 2. The van der Waals surface area contributed by atoms with Crippen LogP contribution in [-0.4, -0.2) is 42.4 Å². The first kappa shape index (κ1) is 20.6. The summed E-state index contributed by atoms with van der Waals surface area (Å²) in [6.07, 6.45) is 2.54. The molecule has 4 rings (SSSR count). The molecule has 0 spiro atoms. The highest BCUT2D eigenvalue weighted by Crippen LogP contribution is 2.34. The van der Waals surface area contributed by atoms with E-state index in [2.05, 4.69) is 35.3 Å². The van der Waals surface area contributed by atoms with Crippen molar-refractivity contribution in [2.45, 2.75) is 46.1 Å². The van der Waals surface area contributed by atoms with Crippen molar-refractivity contribution in [2.75, 3.05) is 29.9 Å². The van der Waals surface area contributed by atoms with E-state index in [1.165, 1.54) is 5.56 Å². The Hall–Kier alpha value is -2.66. The minimum atomic E-state index is 0.00636. The van der Waals surface area contributed by atoms with E-state index >= 15 is 0 Å². The SMILES string of the molecule is Cc1cc(C)cc(NC(=O)CN2CCC(C(=O)N3c4ccccc4CC3C)CC2)c1. The average molecular weight is 406 g/mol. The molecule has 2 aromatic carbocycles. The number of aryl methyl sites for hydroxylation is 2. The lowest BCUT2D eigenvalue weighted by atomic mass is 9.94. The van der Waals surface area contributed by atoms with Crippen molar-refractivity contribution >= 4 is 23.2 Å². The molecule has 30 heavy (non-hydrogen) atoms. The summed E-state index contributed by atoms with van der Waals surface area (Å²) in [4.78, 5) is 29.9. The minimum absolute atomic E-state index is 0.00636. The van der Waals surface area contributed by atoms with Crippen molar-refractivity contribution in [3.05, 3.63) is 59.2 Å². The molecule has 2 amide bonds. The van der Waals surface area contributed by atoms with Crippen molar-refractivity contribution in [3.8, 4) is 0 Å². The molecule has 2 aromatic rings. The van der Waals surface area contributed by atoms with Gasteiger partial charge in [-0.15, -0.1) is 0 Å². The maximum Gasteiger partial charge on any atom is 0.238 e. The highest BCUT2D eigenvalue weighted by Gasteiger charge is 2.36. The number of likely N-dealkylation sites (tertiary alicyclic amines) is 1. The molecule has 1 atom stereocenters. The number of amides is 2. The van der Waals surface area contributed by atoms with Crippen LogP contribution < -0.4 is 10.2 Å². The normalized spacial score (nSPS) is 19.6. The number of hydrogen-bond acceptors (Lipinski definition) is 3. The van der Waals surface area contributed by atoms with Gasteiger partial charge in [0.25, 0.3) is 0 Å². The number of carbonyl (C=O) groups excluding carboxylic acids is 2. The molecular weight excluding hydrogens is 374 g/mol. The van der Waals surface area contributed by atoms with Crippen LogP contribution in [0.25, 0.3) is 0 Å². The van der Waals surface area contributed by atoms with Crippen LogP contribution in [0, 0.1) is 19.8 Å². The van der Waals surface area contributed by atoms with E-state index in [-0.39, 0.29) is 23.8 Å². The molecule has 1 unspecified atom stereocenters. The number of fused-ring (bicyclic) bond motifs is 1. The lowest BCUT2D eigenvalue weighted by Crippen LogP contribution is -2.46. The maximum absolute atomic E-state index is 13.2. The van der Waals surface area contributed by atoms with Crippen LogP contribution in [0.3, 0.4) is 0 Å². The van der Waals surface area contributed by atoms with E-state index in [0.717, 1.165) is 54.9 Å². The molecule has 5 heteroatoms. The van der Waals surface area contributed by atoms with Crippen molar-refractivity contribution in [3.63, 3.8) is 0 Å². The van der Waals surface area contributed by atoms with Crippen molar-refractivity contribution < 1.29 is 9.59 Å². The fourth-order valence-electron chi connectivity index (χ4n) is 4.89. The summed E-state index contributed by atoms with van der Waals surface area (Å²) in [7, 11) is 0. The first-order valence-electron chi connectivity index (χ1n) is 10.9. The summed E-state index contributed by atoms with van der Waals surface area (Å²) in [6, 6.07) is 14.5. The first-order valence-corrected chi connectivity index (χ1v) is 10.9. The summed E-state index contributed by atoms with van der Waals surface area (Å²) >= 11 is 0. The molecule has 0 bridgehead atoms. The second-order valence-electron chi connectivity index (χ2n) is 8.87. The second kappa shape index (κ2) is 8.60. The molecule has 0 aromatic heterocycles. The van der Waals surface area contributed by atoms with Gasteiger partial charge in [-0.05, 0) is 88.0 Å². The topological polar surface area (TPSA) is 52.7 Å². The molecule has 1 fully saturated rings. The van der Waals surface area contributed by atoms with Crippen LogP contribution in [-0.2, 0) is 16.0 Å². The van der Waals surface area contributed by atoms with Crippen LogP contribution in [0.15, 0.2) is 42.5 Å². The van der Waals surface area contributed by atoms with E-state index in [1.807, 2.05) is 43.0 Å². The number of piperidine rings is 1. The summed E-state index contributed by atoms with van der Waals surface area (Å²) < 4.78 is 0. The van der Waals surface area contributed by atoms with Crippen molar-refractivity contribution in [1.29, 1.82) is 0 Å². The Labute approximate surface area is 179 Å². The Bertz CT molecular complexity index is 927. The van der Waals surface area contributed by atoms with Crippen LogP contribution in [0.2, 0.25) is 0 Å². The Kier molecular flexibility index (Phi) is 5.91. The molecule has 2 aliphatic heterocycles. The molecule has 0 aliphatic carbocycles. The number of para-hydroxylation sites is 1. The molecule has 158 valence electrons. The smallest absolute Gasteiger partial charge is 0.238 e. The fourth-order valence-corrected chi connectivity index (χ4v) is 4.89. The second-order valence-corrected chi connectivity index (χ2v) is 8.87. The largest absolute Gasteiger partial charge is 0.325 e. The van der Waals surface area contributed by atoms with Gasteiger partial charge >= 0.3 is 0 Å². The maximum atomic E-state index is 13.2. The Morgan fingerprint density at radius 3 is 2.40 bits per heavy atom. The van der Waals surface area contributed by atoms with E-state index in [0.29, 0.717) is 6.54 Å². The van der Waals surface area contributed by atoms with Gasteiger partial charge in [-0.2, -0.15) is 0 Å². The molecule has 5 nitrogen and oxygen atoms in total. The van der Waals surface area contributed by atoms with E-state index in [1.54, 1.807) is 0 Å². The number of anilines is 2. The van der Waals surface area contributed by atoms with Crippen LogP contribution in [0.1, 0.15) is 36.5 Å².